The van der Waals surface area contributed by atoms with Crippen LogP contribution in [0.15, 0.2) is 58.5 Å². The number of hydrogen-bond acceptors (Lipinski definition) is 5. The van der Waals surface area contributed by atoms with E-state index in [1.54, 1.807) is 12.1 Å². The summed E-state index contributed by atoms with van der Waals surface area (Å²) in [6.45, 7) is 1.99. The third-order valence-corrected chi connectivity index (χ3v) is 6.52. The van der Waals surface area contributed by atoms with Gasteiger partial charge in [0, 0.05) is 22.9 Å². The average Bonchev–Trinajstić information content (AvgIpc) is 2.78. The van der Waals surface area contributed by atoms with E-state index in [0.717, 1.165) is 17.5 Å². The Morgan fingerprint density at radius 1 is 1.16 bits per heavy atom. The number of benzene rings is 2. The van der Waals surface area contributed by atoms with E-state index in [1.165, 1.54) is 11.8 Å². The molecule has 1 aromatic heterocycles. The van der Waals surface area contributed by atoms with Crippen LogP contribution in [0.3, 0.4) is 0 Å². The first-order valence-electron chi connectivity index (χ1n) is 10.1. The summed E-state index contributed by atoms with van der Waals surface area (Å²) in [5.41, 5.74) is 2.26. The highest BCUT2D eigenvalue weighted by Gasteiger charge is 2.35. The van der Waals surface area contributed by atoms with Crippen LogP contribution < -0.4 is 16.2 Å². The fourth-order valence-electron chi connectivity index (χ4n) is 3.57. The van der Waals surface area contributed by atoms with Crippen molar-refractivity contribution in [1.82, 2.24) is 9.97 Å². The van der Waals surface area contributed by atoms with Gasteiger partial charge in [-0.25, -0.2) is 4.98 Å². The predicted octanol–water partition coefficient (Wildman–Crippen LogP) is 4.34. The number of aromatic nitrogens is 2. The Kier molecular flexibility index (Phi) is 6.62. The van der Waals surface area contributed by atoms with Crippen molar-refractivity contribution < 1.29 is 9.59 Å². The number of aryl methyl sites for hydroxylation is 1. The monoisotopic (exact) mass is 468 g/mol. The lowest BCUT2D eigenvalue weighted by molar-refractivity contribution is -0.123. The molecule has 1 atom stereocenters. The van der Waals surface area contributed by atoms with E-state index in [0.29, 0.717) is 21.6 Å². The van der Waals surface area contributed by atoms with Gasteiger partial charge in [0.1, 0.15) is 5.82 Å². The second kappa shape index (κ2) is 9.58. The van der Waals surface area contributed by atoms with Crippen molar-refractivity contribution in [3.05, 3.63) is 80.6 Å². The maximum Gasteiger partial charge on any atom is 0.257 e. The number of carbonyl (C=O) groups excluding carboxylic acids is 2. The largest absolute Gasteiger partial charge is 0.325 e. The molecule has 9 heteroatoms. The first kappa shape index (κ1) is 22.1. The van der Waals surface area contributed by atoms with Crippen molar-refractivity contribution in [3.8, 4) is 0 Å². The zero-order valence-corrected chi connectivity index (χ0v) is 18.8. The lowest BCUT2D eigenvalue weighted by Gasteiger charge is -2.24. The minimum absolute atomic E-state index is 0.121. The van der Waals surface area contributed by atoms with Crippen molar-refractivity contribution in [1.29, 1.82) is 0 Å². The van der Waals surface area contributed by atoms with Crippen LogP contribution in [0.25, 0.3) is 0 Å². The molecule has 0 fully saturated rings. The highest BCUT2D eigenvalue weighted by Crippen LogP contribution is 2.32. The van der Waals surface area contributed by atoms with Gasteiger partial charge >= 0.3 is 0 Å². The summed E-state index contributed by atoms with van der Waals surface area (Å²) in [7, 11) is 0. The molecular weight excluding hydrogens is 448 g/mol. The quantitative estimate of drug-likeness (QED) is 0.368. The van der Waals surface area contributed by atoms with Gasteiger partial charge in [0.05, 0.1) is 11.5 Å². The average molecular weight is 469 g/mol. The highest BCUT2D eigenvalue weighted by atomic mass is 35.5. The fourth-order valence-corrected chi connectivity index (χ4v) is 4.72. The zero-order valence-electron chi connectivity index (χ0n) is 17.3. The molecular formula is C23H21ClN4O3S. The summed E-state index contributed by atoms with van der Waals surface area (Å²) in [6.07, 6.45) is 0.621. The molecule has 7 nitrogen and oxygen atoms in total. The van der Waals surface area contributed by atoms with Crippen LogP contribution in [0.4, 0.5) is 11.5 Å². The van der Waals surface area contributed by atoms with Crippen molar-refractivity contribution >= 4 is 46.7 Å². The predicted molar refractivity (Wildman–Crippen MR) is 126 cm³/mol. The third kappa shape index (κ3) is 4.71. The number of nitrogens with zero attached hydrogens (tertiary/aromatic N) is 1. The van der Waals surface area contributed by atoms with Gasteiger partial charge in [0.15, 0.2) is 5.16 Å². The van der Waals surface area contributed by atoms with Crippen LogP contribution in [0.1, 0.15) is 36.0 Å². The van der Waals surface area contributed by atoms with Crippen molar-refractivity contribution in [2.45, 2.75) is 36.6 Å². The van der Waals surface area contributed by atoms with Gasteiger partial charge in [-0.1, -0.05) is 66.7 Å². The number of fused-ring (bicyclic) bond motifs is 1. The van der Waals surface area contributed by atoms with Gasteiger partial charge in [-0.15, -0.1) is 0 Å². The standard InChI is InChI=1S/C23H21ClN4O3S/c1-2-13-7-4-6-10-17(13)25-21(30)15-11-18(29)26-20-19(15)22(31)28-23(27-20)32-12-14-8-3-5-9-16(14)24/h3-10,15H,2,11-12H2,1H3,(H,25,30)(H2,26,27,28,29,31)/t15-/m0/s1. The molecule has 0 saturated carbocycles. The molecule has 0 radical (unpaired) electrons. The first-order valence-corrected chi connectivity index (χ1v) is 11.5. The van der Waals surface area contributed by atoms with Crippen LogP contribution >= 0.6 is 23.4 Å². The Bertz CT molecular complexity index is 1240. The van der Waals surface area contributed by atoms with Gasteiger partial charge in [0.2, 0.25) is 11.8 Å². The summed E-state index contributed by atoms with van der Waals surface area (Å²) in [5, 5.41) is 6.46. The number of amides is 2. The summed E-state index contributed by atoms with van der Waals surface area (Å²) >= 11 is 7.48. The molecule has 0 bridgehead atoms. The zero-order chi connectivity index (χ0) is 22.7. The molecule has 0 unspecified atom stereocenters. The van der Waals surface area contributed by atoms with Crippen molar-refractivity contribution in [2.24, 2.45) is 0 Å². The first-order chi connectivity index (χ1) is 15.5. The molecule has 0 aliphatic carbocycles. The molecule has 2 aromatic carbocycles. The minimum Gasteiger partial charge on any atom is -0.325 e. The Labute approximate surface area is 194 Å². The summed E-state index contributed by atoms with van der Waals surface area (Å²) < 4.78 is 0. The van der Waals surface area contributed by atoms with Gasteiger partial charge in [-0.05, 0) is 29.7 Å². The maximum atomic E-state index is 13.0. The second-order valence-corrected chi connectivity index (χ2v) is 8.69. The van der Waals surface area contributed by atoms with Crippen LogP contribution in [0.5, 0.6) is 0 Å². The molecule has 2 amide bonds. The number of para-hydroxylation sites is 1. The van der Waals surface area contributed by atoms with Crippen LogP contribution in [0.2, 0.25) is 5.02 Å². The van der Waals surface area contributed by atoms with Crippen LogP contribution in [-0.4, -0.2) is 21.8 Å². The second-order valence-electron chi connectivity index (χ2n) is 7.32. The van der Waals surface area contributed by atoms with Gasteiger partial charge in [0.25, 0.3) is 5.56 Å². The molecule has 1 aliphatic rings. The normalized spacial score (nSPS) is 15.1. The molecule has 1 aliphatic heterocycles. The molecule has 32 heavy (non-hydrogen) atoms. The van der Waals surface area contributed by atoms with Crippen LogP contribution in [-0.2, 0) is 21.8 Å². The van der Waals surface area contributed by atoms with Gasteiger partial charge < -0.3 is 15.6 Å². The number of rotatable bonds is 6. The highest BCUT2D eigenvalue weighted by molar-refractivity contribution is 7.98. The molecule has 3 aromatic rings. The third-order valence-electron chi connectivity index (χ3n) is 5.22. The van der Waals surface area contributed by atoms with E-state index in [4.69, 9.17) is 11.6 Å². The van der Waals surface area contributed by atoms with Crippen LogP contribution in [0, 0.1) is 0 Å². The molecule has 0 saturated heterocycles. The Morgan fingerprint density at radius 3 is 2.62 bits per heavy atom. The molecule has 164 valence electrons. The smallest absolute Gasteiger partial charge is 0.257 e. The molecule has 4 rings (SSSR count). The van der Waals surface area contributed by atoms with Crippen molar-refractivity contribution in [3.63, 3.8) is 0 Å². The van der Waals surface area contributed by atoms with E-state index in [1.807, 2.05) is 43.3 Å². The van der Waals surface area contributed by atoms with E-state index in [2.05, 4.69) is 20.6 Å². The molecule has 3 N–H and O–H groups in total. The van der Waals surface area contributed by atoms with Gasteiger partial charge in [-0.2, -0.15) is 0 Å². The minimum atomic E-state index is -0.928. The number of aromatic amines is 1. The number of nitrogens with one attached hydrogen (secondary N) is 3. The van der Waals surface area contributed by atoms with E-state index in [-0.39, 0.29) is 23.7 Å². The summed E-state index contributed by atoms with van der Waals surface area (Å²) in [4.78, 5) is 45.4. The van der Waals surface area contributed by atoms with Gasteiger partial charge in [-0.3, -0.25) is 14.4 Å². The lowest BCUT2D eigenvalue weighted by Crippen LogP contribution is -2.36. The Morgan fingerprint density at radius 2 is 1.88 bits per heavy atom. The van der Waals surface area contributed by atoms with E-state index in [9.17, 15) is 14.4 Å². The Hall–Kier alpha value is -3.10. The van der Waals surface area contributed by atoms with E-state index < -0.39 is 17.4 Å². The van der Waals surface area contributed by atoms with E-state index >= 15 is 0 Å². The molecule has 2 heterocycles. The number of thioether (sulfide) groups is 1. The summed E-state index contributed by atoms with van der Waals surface area (Å²) in [5.74, 6) is -1.09. The number of carbonyl (C=O) groups is 2. The SMILES string of the molecule is CCc1ccccc1NC(=O)[C@H]1CC(=O)Nc2nc(SCc3ccccc3Cl)[nH]c(=O)c21. The lowest BCUT2D eigenvalue weighted by atomic mass is 9.92. The summed E-state index contributed by atoms with van der Waals surface area (Å²) in [6, 6.07) is 14.9. The topological polar surface area (TPSA) is 104 Å². The fraction of sp³-hybridized carbons (Fsp3) is 0.217. The number of H-pyrrole nitrogens is 1. The van der Waals surface area contributed by atoms with Crippen molar-refractivity contribution in [2.75, 3.05) is 10.6 Å². The molecule has 0 spiro atoms. The number of hydrogen-bond donors (Lipinski definition) is 3. The maximum absolute atomic E-state index is 13.0. The number of halogens is 1. The Balaban J connectivity index is 1.59. The number of anilines is 2.